The molecule has 0 bridgehead atoms. The van der Waals surface area contributed by atoms with Gasteiger partial charge >= 0.3 is 0 Å². The molecule has 18 heavy (non-hydrogen) atoms. The normalized spacial score (nSPS) is 14.4. The molecular formula is C14H17ClN2O. The number of benzene rings is 1. The SMILES string of the molecule is CCCn1ccnc1C(C)(O)c1cccc(Cl)c1. The van der Waals surface area contributed by atoms with Crippen molar-refractivity contribution in [3.8, 4) is 0 Å². The van der Waals surface area contributed by atoms with Gasteiger partial charge in [-0.15, -0.1) is 0 Å². The minimum Gasteiger partial charge on any atom is -0.377 e. The summed E-state index contributed by atoms with van der Waals surface area (Å²) >= 11 is 5.97. The maximum absolute atomic E-state index is 10.7. The van der Waals surface area contributed by atoms with Crippen molar-refractivity contribution in [2.45, 2.75) is 32.4 Å². The Bertz CT molecular complexity index is 534. The third kappa shape index (κ3) is 2.42. The quantitative estimate of drug-likeness (QED) is 0.921. The van der Waals surface area contributed by atoms with Crippen LogP contribution >= 0.6 is 11.6 Å². The third-order valence-electron chi connectivity index (χ3n) is 3.00. The molecule has 1 aromatic carbocycles. The number of rotatable bonds is 4. The monoisotopic (exact) mass is 264 g/mol. The van der Waals surface area contributed by atoms with E-state index in [1.807, 2.05) is 22.9 Å². The highest BCUT2D eigenvalue weighted by atomic mass is 35.5. The summed E-state index contributed by atoms with van der Waals surface area (Å²) < 4.78 is 1.97. The first-order chi connectivity index (χ1) is 8.55. The fourth-order valence-corrected chi connectivity index (χ4v) is 2.27. The highest BCUT2D eigenvalue weighted by Crippen LogP contribution is 2.29. The maximum Gasteiger partial charge on any atom is 0.145 e. The fraction of sp³-hybridized carbons (Fsp3) is 0.357. The Labute approximate surface area is 112 Å². The molecule has 0 saturated carbocycles. The summed E-state index contributed by atoms with van der Waals surface area (Å²) in [5.41, 5.74) is -0.387. The molecule has 0 fully saturated rings. The lowest BCUT2D eigenvalue weighted by atomic mass is 9.95. The number of imidazole rings is 1. The van der Waals surface area contributed by atoms with Crippen molar-refractivity contribution >= 4 is 11.6 Å². The summed E-state index contributed by atoms with van der Waals surface area (Å²) in [6.07, 6.45) is 4.59. The predicted octanol–water partition coefficient (Wildman–Crippen LogP) is 3.20. The van der Waals surface area contributed by atoms with E-state index in [4.69, 9.17) is 11.6 Å². The van der Waals surface area contributed by atoms with Crippen LogP contribution in [0.3, 0.4) is 0 Å². The molecule has 1 unspecified atom stereocenters. The Kier molecular flexibility index (Phi) is 3.73. The van der Waals surface area contributed by atoms with Gasteiger partial charge in [0.2, 0.25) is 0 Å². The summed E-state index contributed by atoms with van der Waals surface area (Å²) in [6, 6.07) is 7.25. The molecule has 0 aliphatic heterocycles. The molecule has 0 aliphatic rings. The molecule has 0 radical (unpaired) electrons. The average molecular weight is 265 g/mol. The van der Waals surface area contributed by atoms with E-state index in [0.29, 0.717) is 10.8 Å². The number of hydrogen-bond donors (Lipinski definition) is 1. The number of aryl methyl sites for hydroxylation is 1. The number of nitrogens with zero attached hydrogens (tertiary/aromatic N) is 2. The Morgan fingerprint density at radius 2 is 2.22 bits per heavy atom. The van der Waals surface area contributed by atoms with Crippen LogP contribution in [0.2, 0.25) is 5.02 Å². The van der Waals surface area contributed by atoms with Crippen LogP contribution in [-0.4, -0.2) is 14.7 Å². The van der Waals surface area contributed by atoms with Crippen LogP contribution < -0.4 is 0 Å². The van der Waals surface area contributed by atoms with Crippen LogP contribution in [-0.2, 0) is 12.1 Å². The average Bonchev–Trinajstić information content (AvgIpc) is 2.78. The number of halogens is 1. The first-order valence-electron chi connectivity index (χ1n) is 6.05. The van der Waals surface area contributed by atoms with E-state index in [1.165, 1.54) is 0 Å². The molecule has 2 rings (SSSR count). The molecule has 4 heteroatoms. The fourth-order valence-electron chi connectivity index (χ4n) is 2.08. The van der Waals surface area contributed by atoms with Gasteiger partial charge in [-0.2, -0.15) is 0 Å². The Morgan fingerprint density at radius 1 is 1.44 bits per heavy atom. The zero-order valence-electron chi connectivity index (χ0n) is 10.6. The molecule has 1 atom stereocenters. The van der Waals surface area contributed by atoms with E-state index in [-0.39, 0.29) is 0 Å². The Hall–Kier alpha value is -1.32. The van der Waals surface area contributed by atoms with E-state index in [9.17, 15) is 5.11 Å². The molecule has 0 saturated heterocycles. The van der Waals surface area contributed by atoms with Crippen molar-refractivity contribution in [1.29, 1.82) is 0 Å². The summed E-state index contributed by atoms with van der Waals surface area (Å²) in [6.45, 7) is 4.68. The second-order valence-electron chi connectivity index (χ2n) is 4.53. The summed E-state index contributed by atoms with van der Waals surface area (Å²) in [7, 11) is 0. The minimum atomic E-state index is -1.14. The number of aromatic nitrogens is 2. The van der Waals surface area contributed by atoms with Crippen LogP contribution in [0.15, 0.2) is 36.7 Å². The van der Waals surface area contributed by atoms with Crippen molar-refractivity contribution in [3.05, 3.63) is 53.1 Å². The van der Waals surface area contributed by atoms with Crippen LogP contribution in [0.4, 0.5) is 0 Å². The summed E-state index contributed by atoms with van der Waals surface area (Å²) in [5, 5.41) is 11.3. The zero-order valence-corrected chi connectivity index (χ0v) is 11.4. The molecular weight excluding hydrogens is 248 g/mol. The van der Waals surface area contributed by atoms with Gasteiger partial charge in [0, 0.05) is 24.0 Å². The second kappa shape index (κ2) is 5.12. The van der Waals surface area contributed by atoms with E-state index in [0.717, 1.165) is 18.5 Å². The standard InChI is InChI=1S/C14H17ClN2O/c1-3-8-17-9-7-16-13(17)14(2,18)11-5-4-6-12(15)10-11/h4-7,9-10,18H,3,8H2,1-2H3. The largest absolute Gasteiger partial charge is 0.377 e. The summed E-state index contributed by atoms with van der Waals surface area (Å²) in [5.74, 6) is 0.645. The van der Waals surface area contributed by atoms with Crippen molar-refractivity contribution < 1.29 is 5.11 Å². The lowest BCUT2D eigenvalue weighted by Gasteiger charge is -2.24. The van der Waals surface area contributed by atoms with Crippen LogP contribution in [0.25, 0.3) is 0 Å². The van der Waals surface area contributed by atoms with E-state index in [2.05, 4.69) is 11.9 Å². The van der Waals surface area contributed by atoms with Crippen molar-refractivity contribution in [1.82, 2.24) is 9.55 Å². The molecule has 0 spiro atoms. The van der Waals surface area contributed by atoms with Crippen LogP contribution in [0.5, 0.6) is 0 Å². The van der Waals surface area contributed by atoms with Gasteiger partial charge in [0.15, 0.2) is 0 Å². The topological polar surface area (TPSA) is 38.0 Å². The maximum atomic E-state index is 10.7. The van der Waals surface area contributed by atoms with Crippen LogP contribution in [0, 0.1) is 0 Å². The van der Waals surface area contributed by atoms with Crippen molar-refractivity contribution in [2.24, 2.45) is 0 Å². The second-order valence-corrected chi connectivity index (χ2v) is 4.96. The molecule has 2 aromatic rings. The number of hydrogen-bond acceptors (Lipinski definition) is 2. The highest BCUT2D eigenvalue weighted by Gasteiger charge is 2.30. The first kappa shape index (κ1) is 13.1. The van der Waals surface area contributed by atoms with Crippen LogP contribution in [0.1, 0.15) is 31.7 Å². The van der Waals surface area contributed by atoms with Gasteiger partial charge in [0.1, 0.15) is 11.4 Å². The van der Waals surface area contributed by atoms with Gasteiger partial charge in [-0.05, 0) is 31.0 Å². The van der Waals surface area contributed by atoms with E-state index < -0.39 is 5.60 Å². The molecule has 0 aliphatic carbocycles. The lowest BCUT2D eigenvalue weighted by molar-refractivity contribution is 0.0879. The van der Waals surface area contributed by atoms with E-state index in [1.54, 1.807) is 25.3 Å². The highest BCUT2D eigenvalue weighted by molar-refractivity contribution is 6.30. The van der Waals surface area contributed by atoms with Crippen molar-refractivity contribution in [3.63, 3.8) is 0 Å². The molecule has 3 nitrogen and oxygen atoms in total. The third-order valence-corrected chi connectivity index (χ3v) is 3.24. The molecule has 1 aromatic heterocycles. The van der Waals surface area contributed by atoms with Gasteiger partial charge in [-0.25, -0.2) is 4.98 Å². The zero-order chi connectivity index (χ0) is 13.2. The van der Waals surface area contributed by atoms with Gasteiger partial charge in [0.05, 0.1) is 0 Å². The smallest absolute Gasteiger partial charge is 0.145 e. The van der Waals surface area contributed by atoms with E-state index >= 15 is 0 Å². The van der Waals surface area contributed by atoms with Gasteiger partial charge in [0.25, 0.3) is 0 Å². The van der Waals surface area contributed by atoms with Crippen molar-refractivity contribution in [2.75, 3.05) is 0 Å². The summed E-state index contributed by atoms with van der Waals surface area (Å²) in [4.78, 5) is 4.28. The lowest BCUT2D eigenvalue weighted by Crippen LogP contribution is -2.27. The molecule has 96 valence electrons. The predicted molar refractivity (Wildman–Crippen MR) is 72.6 cm³/mol. The molecule has 1 heterocycles. The first-order valence-corrected chi connectivity index (χ1v) is 6.43. The van der Waals surface area contributed by atoms with Gasteiger partial charge in [-0.1, -0.05) is 30.7 Å². The van der Waals surface area contributed by atoms with Gasteiger partial charge < -0.3 is 9.67 Å². The van der Waals surface area contributed by atoms with Gasteiger partial charge in [-0.3, -0.25) is 0 Å². The molecule has 1 N–H and O–H groups in total. The molecule has 0 amide bonds. The number of aliphatic hydroxyl groups is 1. The Balaban J connectivity index is 2.44. The Morgan fingerprint density at radius 3 is 2.89 bits per heavy atom. The minimum absolute atomic E-state index is 0.612.